The molecule has 264 valence electrons. The molecule has 1 fully saturated rings. The molecule has 4 aromatic rings. The fourth-order valence-corrected chi connectivity index (χ4v) is 5.18. The molecule has 0 aromatic heterocycles. The van der Waals surface area contributed by atoms with E-state index in [-0.39, 0.29) is 41.7 Å². The van der Waals surface area contributed by atoms with E-state index in [9.17, 15) is 24.0 Å². The summed E-state index contributed by atoms with van der Waals surface area (Å²) < 4.78 is 40.5. The number of carbonyl (C=O) groups excluding carboxylic acids is 5. The summed E-state index contributed by atoms with van der Waals surface area (Å²) in [4.78, 5) is 65.5. The highest BCUT2D eigenvalue weighted by atomic mass is 16.7. The lowest BCUT2D eigenvalue weighted by Crippen LogP contribution is -2.63. The van der Waals surface area contributed by atoms with Gasteiger partial charge in [0.2, 0.25) is 0 Å². The molecule has 51 heavy (non-hydrogen) atoms. The van der Waals surface area contributed by atoms with Gasteiger partial charge in [0, 0.05) is 6.42 Å². The molecule has 1 aliphatic heterocycles. The number of methoxy groups -OCH3 is 1. The number of rotatable bonds is 14. The van der Waals surface area contributed by atoms with Crippen molar-refractivity contribution in [3.63, 3.8) is 0 Å². The Kier molecular flexibility index (Phi) is 13.0. The Hall–Kier alpha value is -5.85. The molecule has 0 aliphatic carbocycles. The average Bonchev–Trinajstić information content (AvgIpc) is 3.18. The molecule has 0 saturated carbocycles. The molecule has 5 atom stereocenters. The fraction of sp³-hybridized carbons (Fsp3) is 0.256. The lowest BCUT2D eigenvalue weighted by molar-refractivity contribution is -0.298. The molecular weight excluding hydrogens is 660 g/mol. The number of hydrogen-bond acceptors (Lipinski definition) is 12. The van der Waals surface area contributed by atoms with Gasteiger partial charge in [0.05, 0.1) is 36.0 Å². The summed E-state index contributed by atoms with van der Waals surface area (Å²) in [6.45, 7) is -0.565. The molecule has 5 unspecified atom stereocenters. The first-order valence-electron chi connectivity index (χ1n) is 16.2. The zero-order valence-electron chi connectivity index (χ0n) is 27.7. The molecule has 12 nitrogen and oxygen atoms in total. The Labute approximate surface area is 294 Å². The van der Waals surface area contributed by atoms with Crippen LogP contribution in [0, 0.1) is 0 Å². The van der Waals surface area contributed by atoms with Crippen LogP contribution in [0.4, 0.5) is 0 Å². The van der Waals surface area contributed by atoms with E-state index >= 15 is 0 Å². The van der Waals surface area contributed by atoms with E-state index in [1.807, 2.05) is 0 Å². The maximum atomic E-state index is 13.6. The van der Waals surface area contributed by atoms with Gasteiger partial charge in [0.15, 0.2) is 24.6 Å². The third-order valence-corrected chi connectivity index (χ3v) is 7.77. The van der Waals surface area contributed by atoms with Gasteiger partial charge in [-0.2, -0.15) is 0 Å². The zero-order valence-corrected chi connectivity index (χ0v) is 27.7. The van der Waals surface area contributed by atoms with Crippen molar-refractivity contribution in [2.75, 3.05) is 20.3 Å². The Morgan fingerprint density at radius 3 is 1.41 bits per heavy atom. The smallest absolute Gasteiger partial charge is 0.338 e. The van der Waals surface area contributed by atoms with Gasteiger partial charge in [-0.25, -0.2) is 19.2 Å². The maximum absolute atomic E-state index is 13.6. The summed E-state index contributed by atoms with van der Waals surface area (Å²) in [7, 11) is 1.26. The van der Waals surface area contributed by atoms with Gasteiger partial charge in [-0.1, -0.05) is 72.8 Å². The Morgan fingerprint density at radius 1 is 0.549 bits per heavy atom. The van der Waals surface area contributed by atoms with Crippen molar-refractivity contribution < 1.29 is 57.1 Å². The number of carbonyl (C=O) groups is 5. The number of esters is 5. The first kappa shape index (κ1) is 36.4. The Morgan fingerprint density at radius 2 is 0.961 bits per heavy atom. The van der Waals surface area contributed by atoms with Crippen molar-refractivity contribution in [1.29, 1.82) is 0 Å². The second-order valence-electron chi connectivity index (χ2n) is 11.3. The summed E-state index contributed by atoms with van der Waals surface area (Å²) in [6, 6.07) is 32.4. The Bertz CT molecular complexity index is 1750. The van der Waals surface area contributed by atoms with Crippen molar-refractivity contribution in [2.24, 2.45) is 0 Å². The van der Waals surface area contributed by atoms with Crippen molar-refractivity contribution in [3.8, 4) is 0 Å². The summed E-state index contributed by atoms with van der Waals surface area (Å²) in [5, 5.41) is 0. The molecule has 0 bridgehead atoms. The third-order valence-electron chi connectivity index (χ3n) is 7.77. The molecule has 0 spiro atoms. The minimum absolute atomic E-state index is 0.0134. The molecule has 5 rings (SSSR count). The monoisotopic (exact) mass is 696 g/mol. The predicted octanol–water partition coefficient (Wildman–Crippen LogP) is 5.21. The van der Waals surface area contributed by atoms with Gasteiger partial charge in [-0.05, 0) is 55.0 Å². The van der Waals surface area contributed by atoms with E-state index < -0.39 is 67.2 Å². The van der Waals surface area contributed by atoms with Gasteiger partial charge in [0.25, 0.3) is 0 Å². The quantitative estimate of drug-likeness (QED) is 0.0967. The van der Waals surface area contributed by atoms with E-state index in [0.717, 1.165) is 0 Å². The lowest BCUT2D eigenvalue weighted by Gasteiger charge is -2.44. The summed E-state index contributed by atoms with van der Waals surface area (Å²) in [6.07, 6.45) is -7.08. The van der Waals surface area contributed by atoms with Crippen LogP contribution in [-0.4, -0.2) is 80.9 Å². The number of ether oxygens (including phenoxy) is 7. The highest BCUT2D eigenvalue weighted by Crippen LogP contribution is 2.32. The standard InChI is InChI=1S/C39H36O12/c1-45-31(40)23-14-24-46-39-34(51-38(44)29-21-12-5-13-22-29)33(50-37(43)28-19-10-4-11-20-28)32(49-36(42)27-17-8-3-9-18-27)30(48-39)25-47-35(41)26-15-6-2-7-16-26/h2-13,15-22,30,32-34,39H,14,23-25H2,1H3. The van der Waals surface area contributed by atoms with Crippen molar-refractivity contribution in [3.05, 3.63) is 144 Å². The van der Waals surface area contributed by atoms with Crippen LogP contribution in [0.25, 0.3) is 0 Å². The summed E-state index contributed by atoms with van der Waals surface area (Å²) in [5.41, 5.74) is 0.757. The second-order valence-corrected chi connectivity index (χ2v) is 11.3. The highest BCUT2D eigenvalue weighted by Gasteiger charge is 2.53. The van der Waals surface area contributed by atoms with Gasteiger partial charge in [0.1, 0.15) is 12.7 Å². The first-order chi connectivity index (χ1) is 24.8. The average molecular weight is 697 g/mol. The lowest BCUT2D eigenvalue weighted by atomic mass is 9.97. The normalized spacial score (nSPS) is 19.6. The van der Waals surface area contributed by atoms with Crippen LogP contribution in [0.3, 0.4) is 0 Å². The summed E-state index contributed by atoms with van der Waals surface area (Å²) in [5.74, 6) is -3.61. The predicted molar refractivity (Wildman–Crippen MR) is 180 cm³/mol. The van der Waals surface area contributed by atoms with Gasteiger partial charge in [-0.3, -0.25) is 4.79 Å². The molecule has 0 amide bonds. The SMILES string of the molecule is COC(=O)CCCOC1OC(COC(=O)c2ccccc2)C(OC(=O)c2ccccc2)C(OC(=O)c2ccccc2)C1OC(=O)c1ccccc1. The van der Waals surface area contributed by atoms with Crippen LogP contribution >= 0.6 is 0 Å². The molecule has 1 aliphatic rings. The minimum atomic E-state index is -1.54. The van der Waals surface area contributed by atoms with Gasteiger partial charge < -0.3 is 33.2 Å². The van der Waals surface area contributed by atoms with Crippen LogP contribution in [0.2, 0.25) is 0 Å². The first-order valence-corrected chi connectivity index (χ1v) is 16.2. The second kappa shape index (κ2) is 18.2. The molecule has 0 N–H and O–H groups in total. The van der Waals surface area contributed by atoms with Crippen LogP contribution < -0.4 is 0 Å². The van der Waals surface area contributed by atoms with Crippen LogP contribution in [-0.2, 0) is 38.0 Å². The zero-order chi connectivity index (χ0) is 36.0. The molecule has 0 radical (unpaired) electrons. The van der Waals surface area contributed by atoms with E-state index in [0.29, 0.717) is 0 Å². The Balaban J connectivity index is 1.53. The van der Waals surface area contributed by atoms with E-state index in [2.05, 4.69) is 0 Å². The summed E-state index contributed by atoms with van der Waals surface area (Å²) >= 11 is 0. The van der Waals surface area contributed by atoms with Crippen LogP contribution in [0.5, 0.6) is 0 Å². The molecule has 4 aromatic carbocycles. The van der Waals surface area contributed by atoms with Crippen LogP contribution in [0.15, 0.2) is 121 Å². The van der Waals surface area contributed by atoms with Crippen molar-refractivity contribution in [2.45, 2.75) is 43.5 Å². The van der Waals surface area contributed by atoms with E-state index in [1.165, 1.54) is 43.5 Å². The van der Waals surface area contributed by atoms with Crippen molar-refractivity contribution in [1.82, 2.24) is 0 Å². The maximum Gasteiger partial charge on any atom is 0.338 e. The number of hydrogen-bond donors (Lipinski definition) is 0. The molecule has 1 heterocycles. The van der Waals surface area contributed by atoms with Gasteiger partial charge >= 0.3 is 29.8 Å². The van der Waals surface area contributed by atoms with Gasteiger partial charge in [-0.15, -0.1) is 0 Å². The fourth-order valence-electron chi connectivity index (χ4n) is 5.18. The number of benzene rings is 4. The third kappa shape index (κ3) is 10.1. The topological polar surface area (TPSA) is 150 Å². The minimum Gasteiger partial charge on any atom is -0.469 e. The van der Waals surface area contributed by atoms with Crippen molar-refractivity contribution >= 4 is 29.8 Å². The van der Waals surface area contributed by atoms with E-state index in [4.69, 9.17) is 33.2 Å². The molecule has 12 heteroatoms. The molecular formula is C39H36O12. The highest BCUT2D eigenvalue weighted by molar-refractivity contribution is 5.91. The van der Waals surface area contributed by atoms with E-state index in [1.54, 1.807) is 84.9 Å². The molecule has 1 saturated heterocycles. The largest absolute Gasteiger partial charge is 0.469 e. The van der Waals surface area contributed by atoms with Crippen LogP contribution in [0.1, 0.15) is 54.3 Å².